The van der Waals surface area contributed by atoms with E-state index in [9.17, 15) is 12.8 Å². The van der Waals surface area contributed by atoms with E-state index in [0.717, 1.165) is 0 Å². The van der Waals surface area contributed by atoms with Crippen LogP contribution in [-0.2, 0) is 14.8 Å². The third-order valence-electron chi connectivity index (χ3n) is 4.03. The molecule has 0 aromatic heterocycles. The molecule has 148 valence electrons. The smallest absolute Gasteiger partial charge is 0.285 e. The minimum absolute atomic E-state index is 0.0935. The van der Waals surface area contributed by atoms with Gasteiger partial charge in [0, 0.05) is 12.2 Å². The Hall–Kier alpha value is -2.78. The summed E-state index contributed by atoms with van der Waals surface area (Å²) in [4.78, 5) is 0.144. The van der Waals surface area contributed by atoms with Gasteiger partial charge in [0.25, 0.3) is 10.0 Å². The van der Waals surface area contributed by atoms with Gasteiger partial charge in [0.1, 0.15) is 4.90 Å². The first-order valence-corrected chi connectivity index (χ1v) is 10.1. The number of rotatable bonds is 7. The minimum atomic E-state index is -3.77. The third kappa shape index (κ3) is 4.20. The summed E-state index contributed by atoms with van der Waals surface area (Å²) >= 11 is 0. The summed E-state index contributed by atoms with van der Waals surface area (Å²) in [6.45, 7) is 3.02. The van der Waals surface area contributed by atoms with Crippen LogP contribution in [0.5, 0.6) is 5.75 Å². The van der Waals surface area contributed by atoms with Crippen LogP contribution in [0.4, 0.5) is 4.39 Å². The molecular weight excluding hydrogens is 385 g/mol. The summed E-state index contributed by atoms with van der Waals surface area (Å²) in [7, 11) is -2.39. The van der Waals surface area contributed by atoms with Crippen LogP contribution < -0.4 is 4.74 Å². The van der Waals surface area contributed by atoms with E-state index in [2.05, 4.69) is 9.50 Å². The van der Waals surface area contributed by atoms with Gasteiger partial charge in [-0.2, -0.15) is 13.5 Å². The van der Waals surface area contributed by atoms with E-state index in [1.165, 1.54) is 36.5 Å². The Labute approximate surface area is 163 Å². The molecule has 28 heavy (non-hydrogen) atoms. The quantitative estimate of drug-likeness (QED) is 0.402. The van der Waals surface area contributed by atoms with Crippen LogP contribution in [0.25, 0.3) is 0 Å². The molecule has 0 amide bonds. The lowest BCUT2D eigenvalue weighted by molar-refractivity contribution is 0.133. The number of hydrazone groups is 1. The van der Waals surface area contributed by atoms with Crippen molar-refractivity contribution in [2.75, 3.05) is 26.9 Å². The van der Waals surface area contributed by atoms with Gasteiger partial charge in [0.05, 0.1) is 26.5 Å². The first kappa shape index (κ1) is 20.0. The molecule has 0 aliphatic carbocycles. The van der Waals surface area contributed by atoms with E-state index in [4.69, 9.17) is 9.47 Å². The van der Waals surface area contributed by atoms with Gasteiger partial charge in [-0.15, -0.1) is 4.40 Å². The largest absolute Gasteiger partial charge is 0.494 e. The van der Waals surface area contributed by atoms with E-state index >= 15 is 0 Å². The first-order valence-electron chi connectivity index (χ1n) is 8.63. The molecule has 3 rings (SSSR count). The highest BCUT2D eigenvalue weighted by atomic mass is 32.2. The molecule has 0 N–H and O–H groups in total. The average Bonchev–Trinajstić information content (AvgIpc) is 2.97. The maximum absolute atomic E-state index is 13.6. The van der Waals surface area contributed by atoms with Crippen molar-refractivity contribution in [2.24, 2.45) is 9.50 Å². The van der Waals surface area contributed by atoms with Crippen LogP contribution in [0.3, 0.4) is 0 Å². The average molecular weight is 405 g/mol. The lowest BCUT2D eigenvalue weighted by Crippen LogP contribution is -2.29. The predicted octanol–water partition coefficient (Wildman–Crippen LogP) is 2.66. The van der Waals surface area contributed by atoms with Crippen LogP contribution in [0.1, 0.15) is 18.1 Å². The zero-order chi connectivity index (χ0) is 20.1. The van der Waals surface area contributed by atoms with E-state index in [1.54, 1.807) is 24.3 Å². The van der Waals surface area contributed by atoms with Gasteiger partial charge in [-0.05, 0) is 36.8 Å². The molecule has 9 heteroatoms. The van der Waals surface area contributed by atoms with E-state index in [-0.39, 0.29) is 16.5 Å². The van der Waals surface area contributed by atoms with Crippen molar-refractivity contribution in [2.45, 2.75) is 11.8 Å². The molecule has 0 saturated carbocycles. The maximum atomic E-state index is 13.6. The lowest BCUT2D eigenvalue weighted by Gasteiger charge is -2.18. The fourth-order valence-corrected chi connectivity index (χ4v) is 3.89. The molecule has 0 saturated heterocycles. The molecule has 0 fully saturated rings. The fourth-order valence-electron chi connectivity index (χ4n) is 2.68. The Morgan fingerprint density at radius 1 is 1.25 bits per heavy atom. The van der Waals surface area contributed by atoms with Gasteiger partial charge in [-0.25, -0.2) is 9.40 Å². The fraction of sp³-hybridized carbons (Fsp3) is 0.263. The molecule has 1 aliphatic rings. The molecule has 0 spiro atoms. The Morgan fingerprint density at radius 3 is 2.79 bits per heavy atom. The lowest BCUT2D eigenvalue weighted by atomic mass is 10.2. The molecule has 1 heterocycles. The Morgan fingerprint density at radius 2 is 2.04 bits per heavy atom. The van der Waals surface area contributed by atoms with Crippen LogP contribution in [0, 0.1) is 5.82 Å². The number of amidine groups is 1. The molecule has 0 bridgehead atoms. The Bertz CT molecular complexity index is 1020. The summed E-state index contributed by atoms with van der Waals surface area (Å²) < 4.78 is 52.5. The van der Waals surface area contributed by atoms with Crippen LogP contribution in [-0.4, -0.2) is 52.3 Å². The van der Waals surface area contributed by atoms with Gasteiger partial charge >= 0.3 is 0 Å². The van der Waals surface area contributed by atoms with Crippen molar-refractivity contribution >= 4 is 22.1 Å². The topological polar surface area (TPSA) is 80.6 Å². The van der Waals surface area contributed by atoms with Crippen LogP contribution >= 0.6 is 0 Å². The van der Waals surface area contributed by atoms with Crippen LogP contribution in [0.15, 0.2) is 56.9 Å². The molecular formula is C19H20FN3O4S. The summed E-state index contributed by atoms with van der Waals surface area (Å²) in [6, 6.07) is 10.9. The number of ether oxygens (including phenoxy) is 2. The molecule has 1 aliphatic heterocycles. The molecule has 2 aromatic carbocycles. The predicted molar refractivity (Wildman–Crippen MR) is 104 cm³/mol. The van der Waals surface area contributed by atoms with Crippen molar-refractivity contribution < 1.29 is 22.3 Å². The number of hydrogen-bond donors (Lipinski definition) is 0. The van der Waals surface area contributed by atoms with E-state index < -0.39 is 15.8 Å². The second-order valence-electron chi connectivity index (χ2n) is 5.84. The van der Waals surface area contributed by atoms with Crippen molar-refractivity contribution in [1.82, 2.24) is 5.01 Å². The number of benzene rings is 2. The second kappa shape index (κ2) is 8.49. The van der Waals surface area contributed by atoms with Crippen molar-refractivity contribution in [3.63, 3.8) is 0 Å². The molecule has 7 nitrogen and oxygen atoms in total. The van der Waals surface area contributed by atoms with Gasteiger partial charge in [-0.3, -0.25) is 0 Å². The van der Waals surface area contributed by atoms with E-state index in [1.807, 2.05) is 6.92 Å². The third-order valence-corrected chi connectivity index (χ3v) is 5.36. The first-order chi connectivity index (χ1) is 13.5. The zero-order valence-electron chi connectivity index (χ0n) is 15.5. The maximum Gasteiger partial charge on any atom is 0.285 e. The highest BCUT2D eigenvalue weighted by Crippen LogP contribution is 2.27. The van der Waals surface area contributed by atoms with Gasteiger partial charge in [-0.1, -0.05) is 18.2 Å². The summed E-state index contributed by atoms with van der Waals surface area (Å²) in [5.74, 6) is -0.162. The number of nitrogens with zero attached hydrogens (tertiary/aromatic N) is 3. The summed E-state index contributed by atoms with van der Waals surface area (Å²) in [5.41, 5.74) is 1.07. The SMILES string of the molecule is CCOCCN(/N=C/c1ccc(F)c(OC)c1)C1=NS(=O)(=O)c2ccccc21. The number of hydrogen-bond acceptors (Lipinski definition) is 6. The standard InChI is InChI=1S/C19H20FN3O4S/c1-3-27-11-10-23(21-13-14-8-9-16(20)17(12-14)26-2)19-15-6-4-5-7-18(15)28(24,25)22-19/h4-9,12-13H,3,10-11H2,1-2H3/b21-13+. The monoisotopic (exact) mass is 405 g/mol. The van der Waals surface area contributed by atoms with Crippen molar-refractivity contribution in [3.8, 4) is 5.75 Å². The molecule has 0 atom stereocenters. The summed E-state index contributed by atoms with van der Waals surface area (Å²) in [5, 5.41) is 5.84. The molecule has 2 aromatic rings. The van der Waals surface area contributed by atoms with E-state index in [0.29, 0.717) is 30.9 Å². The number of halogens is 1. The molecule has 0 radical (unpaired) electrons. The number of sulfonamides is 1. The van der Waals surface area contributed by atoms with Gasteiger partial charge in [0.15, 0.2) is 17.4 Å². The Kier molecular flexibility index (Phi) is 6.05. The second-order valence-corrected chi connectivity index (χ2v) is 7.42. The highest BCUT2D eigenvalue weighted by molar-refractivity contribution is 7.90. The highest BCUT2D eigenvalue weighted by Gasteiger charge is 2.31. The number of methoxy groups -OCH3 is 1. The zero-order valence-corrected chi connectivity index (χ0v) is 16.3. The van der Waals surface area contributed by atoms with Crippen molar-refractivity contribution in [3.05, 3.63) is 59.4 Å². The minimum Gasteiger partial charge on any atom is -0.494 e. The Balaban J connectivity index is 1.94. The molecule has 0 unspecified atom stereocenters. The normalized spacial score (nSPS) is 14.8. The van der Waals surface area contributed by atoms with Crippen molar-refractivity contribution in [1.29, 1.82) is 0 Å². The van der Waals surface area contributed by atoms with Gasteiger partial charge in [0.2, 0.25) is 0 Å². The van der Waals surface area contributed by atoms with Gasteiger partial charge < -0.3 is 9.47 Å². The number of fused-ring (bicyclic) bond motifs is 1. The van der Waals surface area contributed by atoms with Crippen LogP contribution in [0.2, 0.25) is 0 Å². The summed E-state index contributed by atoms with van der Waals surface area (Å²) in [6.07, 6.45) is 1.49.